The van der Waals surface area contributed by atoms with Crippen molar-refractivity contribution in [3.05, 3.63) is 29.3 Å². The number of nitrogens with zero attached hydrogens (tertiary/aromatic N) is 2. The van der Waals surface area contributed by atoms with Crippen LogP contribution in [0.5, 0.6) is 0 Å². The Bertz CT molecular complexity index is 398. The van der Waals surface area contributed by atoms with Crippen LogP contribution >= 0.6 is 0 Å². The molecule has 0 heterocycles. The Morgan fingerprint density at radius 3 is 2.76 bits per heavy atom. The highest BCUT2D eigenvalue weighted by Gasteiger charge is 2.09. The number of rotatable bonds is 6. The summed E-state index contributed by atoms with van der Waals surface area (Å²) >= 11 is 0. The molecule has 1 aromatic rings. The fourth-order valence-electron chi connectivity index (χ4n) is 1.83. The summed E-state index contributed by atoms with van der Waals surface area (Å²) in [5.74, 6) is 0. The lowest BCUT2D eigenvalue weighted by molar-refractivity contribution is 0.302. The molecular formula is C13H19N3O. The molecule has 0 radical (unpaired) electrons. The van der Waals surface area contributed by atoms with E-state index in [1.54, 1.807) is 0 Å². The maximum atomic E-state index is 9.16. The maximum Gasteiger partial charge on any atom is 0.101 e. The average Bonchev–Trinajstić information content (AvgIpc) is 2.36. The first kappa shape index (κ1) is 13.5. The fraction of sp³-hybridized carbons (Fsp3) is 0.462. The third-order valence-electron chi connectivity index (χ3n) is 2.65. The van der Waals surface area contributed by atoms with Gasteiger partial charge in [-0.15, -0.1) is 0 Å². The van der Waals surface area contributed by atoms with Crippen molar-refractivity contribution < 1.29 is 5.11 Å². The van der Waals surface area contributed by atoms with Crippen molar-refractivity contribution in [2.24, 2.45) is 0 Å². The number of aliphatic hydroxyl groups excluding tert-OH is 1. The lowest BCUT2D eigenvalue weighted by Crippen LogP contribution is -2.27. The van der Waals surface area contributed by atoms with Crippen LogP contribution in [0.3, 0.4) is 0 Å². The fourth-order valence-corrected chi connectivity index (χ4v) is 1.83. The van der Waals surface area contributed by atoms with Crippen LogP contribution in [0, 0.1) is 11.3 Å². The molecule has 92 valence electrons. The van der Waals surface area contributed by atoms with Crippen molar-refractivity contribution in [3.8, 4) is 6.07 Å². The number of hydrogen-bond donors (Lipinski definition) is 2. The van der Waals surface area contributed by atoms with E-state index < -0.39 is 0 Å². The smallest absolute Gasteiger partial charge is 0.101 e. The van der Waals surface area contributed by atoms with E-state index in [9.17, 15) is 0 Å². The lowest BCUT2D eigenvalue weighted by Gasteiger charge is -2.23. The predicted molar refractivity (Wildman–Crippen MR) is 68.9 cm³/mol. The summed E-state index contributed by atoms with van der Waals surface area (Å²) in [7, 11) is 1.88. The van der Waals surface area contributed by atoms with Gasteiger partial charge < -0.3 is 15.3 Å². The van der Waals surface area contributed by atoms with Gasteiger partial charge in [0.05, 0.1) is 17.9 Å². The van der Waals surface area contributed by atoms with Crippen molar-refractivity contribution in [2.75, 3.05) is 31.6 Å². The Labute approximate surface area is 102 Å². The van der Waals surface area contributed by atoms with Gasteiger partial charge in [0, 0.05) is 19.6 Å². The highest BCUT2D eigenvalue weighted by atomic mass is 16.3. The summed E-state index contributed by atoms with van der Waals surface area (Å²) < 4.78 is 0. The van der Waals surface area contributed by atoms with Gasteiger partial charge in [0.25, 0.3) is 0 Å². The number of hydrogen-bond acceptors (Lipinski definition) is 4. The minimum Gasteiger partial charge on any atom is -0.395 e. The molecule has 0 saturated carbocycles. The molecule has 4 heteroatoms. The van der Waals surface area contributed by atoms with Gasteiger partial charge in [0.1, 0.15) is 6.07 Å². The molecule has 0 saturated heterocycles. The molecule has 17 heavy (non-hydrogen) atoms. The zero-order valence-corrected chi connectivity index (χ0v) is 10.4. The summed E-state index contributed by atoms with van der Waals surface area (Å²) in [5, 5.41) is 21.2. The van der Waals surface area contributed by atoms with Gasteiger partial charge >= 0.3 is 0 Å². The molecule has 0 aromatic heterocycles. The molecule has 0 bridgehead atoms. The zero-order chi connectivity index (χ0) is 12.7. The summed E-state index contributed by atoms with van der Waals surface area (Å²) in [5.41, 5.74) is 2.64. The second kappa shape index (κ2) is 6.89. The van der Waals surface area contributed by atoms with E-state index in [2.05, 4.69) is 11.4 Å². The number of nitriles is 1. The monoisotopic (exact) mass is 233 g/mol. The Morgan fingerprint density at radius 1 is 1.47 bits per heavy atom. The zero-order valence-electron chi connectivity index (χ0n) is 10.4. The van der Waals surface area contributed by atoms with E-state index in [1.165, 1.54) is 0 Å². The Kier molecular flexibility index (Phi) is 5.47. The highest BCUT2D eigenvalue weighted by molar-refractivity contribution is 5.60. The molecule has 0 fully saturated rings. The Hall–Kier alpha value is -1.57. The third kappa shape index (κ3) is 3.45. The van der Waals surface area contributed by atoms with Gasteiger partial charge in [-0.25, -0.2) is 0 Å². The van der Waals surface area contributed by atoms with Crippen LogP contribution in [0.1, 0.15) is 18.1 Å². The van der Waals surface area contributed by atoms with E-state index >= 15 is 0 Å². The van der Waals surface area contributed by atoms with Crippen molar-refractivity contribution in [3.63, 3.8) is 0 Å². The SMILES string of the molecule is CCN(CCO)c1ccc(CNC)cc1C#N. The van der Waals surface area contributed by atoms with E-state index in [-0.39, 0.29) is 6.61 Å². The number of anilines is 1. The van der Waals surface area contributed by atoms with Gasteiger partial charge in [-0.1, -0.05) is 6.07 Å². The standard InChI is InChI=1S/C13H19N3O/c1-3-16(6-7-17)13-5-4-11(10-15-2)8-12(13)9-14/h4-5,8,15,17H,3,6-7,10H2,1-2H3. The molecule has 2 N–H and O–H groups in total. The quantitative estimate of drug-likeness (QED) is 0.772. The number of aliphatic hydroxyl groups is 1. The summed E-state index contributed by atoms with van der Waals surface area (Å²) in [6.45, 7) is 4.19. The minimum absolute atomic E-state index is 0.0942. The van der Waals surface area contributed by atoms with E-state index in [1.807, 2.05) is 37.1 Å². The molecule has 4 nitrogen and oxygen atoms in total. The molecule has 1 aromatic carbocycles. The van der Waals surface area contributed by atoms with Crippen molar-refractivity contribution >= 4 is 5.69 Å². The van der Waals surface area contributed by atoms with Crippen LogP contribution in [0.25, 0.3) is 0 Å². The van der Waals surface area contributed by atoms with E-state index in [4.69, 9.17) is 10.4 Å². The lowest BCUT2D eigenvalue weighted by atomic mass is 10.1. The Balaban J connectivity index is 3.03. The van der Waals surface area contributed by atoms with Crippen LogP contribution in [-0.2, 0) is 6.54 Å². The second-order valence-corrected chi connectivity index (χ2v) is 3.80. The second-order valence-electron chi connectivity index (χ2n) is 3.80. The molecule has 0 amide bonds. The van der Waals surface area contributed by atoms with E-state index in [0.29, 0.717) is 12.1 Å². The van der Waals surface area contributed by atoms with Crippen LogP contribution in [0.2, 0.25) is 0 Å². The number of likely N-dealkylation sites (N-methyl/N-ethyl adjacent to an activating group) is 1. The van der Waals surface area contributed by atoms with Gasteiger partial charge in [0.2, 0.25) is 0 Å². The maximum absolute atomic E-state index is 9.16. The summed E-state index contributed by atoms with van der Waals surface area (Å²) in [6, 6.07) is 8.07. The van der Waals surface area contributed by atoms with Gasteiger partial charge in [-0.2, -0.15) is 5.26 Å². The Morgan fingerprint density at radius 2 is 2.24 bits per heavy atom. The van der Waals surface area contributed by atoms with E-state index in [0.717, 1.165) is 24.3 Å². The molecular weight excluding hydrogens is 214 g/mol. The first-order valence-corrected chi connectivity index (χ1v) is 5.80. The van der Waals surface area contributed by atoms with Crippen molar-refractivity contribution in [1.29, 1.82) is 5.26 Å². The average molecular weight is 233 g/mol. The normalized spacial score (nSPS) is 10.0. The molecule has 0 aliphatic rings. The van der Waals surface area contributed by atoms with Crippen molar-refractivity contribution in [1.82, 2.24) is 5.32 Å². The van der Waals surface area contributed by atoms with Crippen molar-refractivity contribution in [2.45, 2.75) is 13.5 Å². The molecule has 0 spiro atoms. The summed E-state index contributed by atoms with van der Waals surface area (Å²) in [4.78, 5) is 2.00. The number of nitrogens with one attached hydrogen (secondary N) is 1. The molecule has 0 atom stereocenters. The van der Waals surface area contributed by atoms with Crippen LogP contribution in [0.15, 0.2) is 18.2 Å². The third-order valence-corrected chi connectivity index (χ3v) is 2.65. The van der Waals surface area contributed by atoms with Crippen LogP contribution < -0.4 is 10.2 Å². The largest absolute Gasteiger partial charge is 0.395 e. The molecule has 0 aliphatic carbocycles. The van der Waals surface area contributed by atoms with Crippen LogP contribution in [0.4, 0.5) is 5.69 Å². The predicted octanol–water partition coefficient (Wildman–Crippen LogP) is 1.10. The number of benzene rings is 1. The molecule has 0 unspecified atom stereocenters. The first-order valence-electron chi connectivity index (χ1n) is 5.80. The minimum atomic E-state index is 0.0942. The van der Waals surface area contributed by atoms with Crippen LogP contribution in [-0.4, -0.2) is 31.9 Å². The van der Waals surface area contributed by atoms with Gasteiger partial charge in [0.15, 0.2) is 0 Å². The molecule has 1 rings (SSSR count). The van der Waals surface area contributed by atoms with Gasteiger partial charge in [-0.05, 0) is 31.7 Å². The first-order chi connectivity index (χ1) is 8.26. The van der Waals surface area contributed by atoms with Gasteiger partial charge in [-0.3, -0.25) is 0 Å². The summed E-state index contributed by atoms with van der Waals surface area (Å²) in [6.07, 6.45) is 0. The topological polar surface area (TPSA) is 59.3 Å². The molecule has 0 aliphatic heterocycles. The highest BCUT2D eigenvalue weighted by Crippen LogP contribution is 2.21.